The second-order valence-electron chi connectivity index (χ2n) is 4.80. The fourth-order valence-electron chi connectivity index (χ4n) is 2.28. The van der Waals surface area contributed by atoms with Crippen LogP contribution in [0.2, 0.25) is 0 Å². The van der Waals surface area contributed by atoms with Crippen molar-refractivity contribution in [1.29, 1.82) is 0 Å². The number of aliphatic hydroxyl groups excluding tert-OH is 1. The molecule has 1 aliphatic heterocycles. The average Bonchev–Trinajstić information content (AvgIpc) is 2.45. The standard InChI is InChI=1S/C15H22N2O2/c18-10-4-5-11-19-15-12-14(6-7-16-15)13-17-8-2-1-3-9-17/h4-7,12,18H,1-3,8-11,13H2/b5-4+. The summed E-state index contributed by atoms with van der Waals surface area (Å²) in [7, 11) is 0. The maximum absolute atomic E-state index is 8.63. The van der Waals surface area contributed by atoms with Crippen LogP contribution >= 0.6 is 0 Å². The zero-order valence-electron chi connectivity index (χ0n) is 11.3. The predicted molar refractivity (Wildman–Crippen MR) is 75.1 cm³/mol. The lowest BCUT2D eigenvalue weighted by atomic mass is 10.1. The zero-order chi connectivity index (χ0) is 13.3. The highest BCUT2D eigenvalue weighted by molar-refractivity contribution is 5.20. The van der Waals surface area contributed by atoms with Crippen LogP contribution in [-0.4, -0.2) is 41.3 Å². The highest BCUT2D eigenvalue weighted by Gasteiger charge is 2.10. The number of aliphatic hydroxyl groups is 1. The minimum absolute atomic E-state index is 0.0474. The van der Waals surface area contributed by atoms with Crippen molar-refractivity contribution in [2.45, 2.75) is 25.8 Å². The quantitative estimate of drug-likeness (QED) is 0.796. The van der Waals surface area contributed by atoms with Crippen LogP contribution < -0.4 is 4.74 Å². The molecular formula is C15H22N2O2. The Labute approximate surface area is 114 Å². The monoisotopic (exact) mass is 262 g/mol. The van der Waals surface area contributed by atoms with Gasteiger partial charge in [0, 0.05) is 18.8 Å². The van der Waals surface area contributed by atoms with E-state index in [-0.39, 0.29) is 6.61 Å². The second-order valence-corrected chi connectivity index (χ2v) is 4.80. The highest BCUT2D eigenvalue weighted by Crippen LogP contribution is 2.15. The molecule has 0 aliphatic carbocycles. The van der Waals surface area contributed by atoms with Gasteiger partial charge in [-0.1, -0.05) is 12.5 Å². The van der Waals surface area contributed by atoms with E-state index < -0.39 is 0 Å². The van der Waals surface area contributed by atoms with E-state index >= 15 is 0 Å². The summed E-state index contributed by atoms with van der Waals surface area (Å²) < 4.78 is 5.51. The maximum Gasteiger partial charge on any atom is 0.213 e. The minimum atomic E-state index is 0.0474. The Kier molecular flexibility index (Phi) is 5.85. The third kappa shape index (κ3) is 5.01. The number of hydrogen-bond acceptors (Lipinski definition) is 4. The van der Waals surface area contributed by atoms with Gasteiger partial charge in [0.1, 0.15) is 6.61 Å². The first-order valence-electron chi connectivity index (χ1n) is 6.94. The topological polar surface area (TPSA) is 45.6 Å². The van der Waals surface area contributed by atoms with Crippen LogP contribution in [0.5, 0.6) is 5.88 Å². The molecule has 2 rings (SSSR count). The van der Waals surface area contributed by atoms with Crippen LogP contribution in [0.25, 0.3) is 0 Å². The van der Waals surface area contributed by atoms with Gasteiger partial charge in [-0.15, -0.1) is 0 Å². The normalized spacial score (nSPS) is 16.9. The van der Waals surface area contributed by atoms with Gasteiger partial charge in [0.15, 0.2) is 0 Å². The van der Waals surface area contributed by atoms with Crippen molar-refractivity contribution in [3.05, 3.63) is 36.0 Å². The smallest absolute Gasteiger partial charge is 0.213 e. The van der Waals surface area contributed by atoms with E-state index in [0.29, 0.717) is 12.5 Å². The zero-order valence-corrected chi connectivity index (χ0v) is 11.3. The second kappa shape index (κ2) is 7.92. The van der Waals surface area contributed by atoms with E-state index in [1.54, 1.807) is 18.3 Å². The van der Waals surface area contributed by atoms with Crippen molar-refractivity contribution in [3.63, 3.8) is 0 Å². The Morgan fingerprint density at radius 1 is 1.26 bits per heavy atom. The molecule has 1 aliphatic rings. The fraction of sp³-hybridized carbons (Fsp3) is 0.533. The van der Waals surface area contributed by atoms with E-state index in [1.807, 2.05) is 12.1 Å². The molecule has 1 fully saturated rings. The number of hydrogen-bond donors (Lipinski definition) is 1. The van der Waals surface area contributed by atoms with Crippen LogP contribution in [0.4, 0.5) is 0 Å². The molecule has 0 atom stereocenters. The first-order chi connectivity index (χ1) is 9.38. The number of nitrogens with zero attached hydrogens (tertiary/aromatic N) is 2. The van der Waals surface area contributed by atoms with Gasteiger partial charge in [-0.3, -0.25) is 4.90 Å². The molecule has 0 spiro atoms. The van der Waals surface area contributed by atoms with Crippen LogP contribution in [0.1, 0.15) is 24.8 Å². The van der Waals surface area contributed by atoms with Crippen molar-refractivity contribution in [1.82, 2.24) is 9.88 Å². The molecule has 0 unspecified atom stereocenters. The van der Waals surface area contributed by atoms with Gasteiger partial charge >= 0.3 is 0 Å². The lowest BCUT2D eigenvalue weighted by Gasteiger charge is -2.26. The van der Waals surface area contributed by atoms with Crippen LogP contribution in [0.15, 0.2) is 30.5 Å². The van der Waals surface area contributed by atoms with Gasteiger partial charge in [-0.25, -0.2) is 4.98 Å². The number of aromatic nitrogens is 1. The summed E-state index contributed by atoms with van der Waals surface area (Å²) in [5.41, 5.74) is 1.25. The summed E-state index contributed by atoms with van der Waals surface area (Å²) in [4.78, 5) is 6.67. The third-order valence-electron chi connectivity index (χ3n) is 3.25. The third-order valence-corrected chi connectivity index (χ3v) is 3.25. The molecule has 1 saturated heterocycles. The van der Waals surface area contributed by atoms with Gasteiger partial charge in [-0.2, -0.15) is 0 Å². The first kappa shape index (κ1) is 14.0. The Hall–Kier alpha value is -1.39. The average molecular weight is 262 g/mol. The van der Waals surface area contributed by atoms with E-state index in [2.05, 4.69) is 9.88 Å². The van der Waals surface area contributed by atoms with Gasteiger partial charge in [0.25, 0.3) is 0 Å². The summed E-state index contributed by atoms with van der Waals surface area (Å²) in [6, 6.07) is 4.05. The van der Waals surface area contributed by atoms with Gasteiger partial charge < -0.3 is 9.84 Å². The molecule has 0 bridgehead atoms. The SMILES string of the molecule is OC/C=C/COc1cc(CN2CCCCC2)ccn1. The molecule has 1 aromatic heterocycles. The number of pyridine rings is 1. The van der Waals surface area contributed by atoms with Gasteiger partial charge in [0.05, 0.1) is 6.61 Å². The molecule has 104 valence electrons. The number of piperidine rings is 1. The molecule has 2 heterocycles. The Bertz CT molecular complexity index is 401. The molecule has 4 heteroatoms. The summed E-state index contributed by atoms with van der Waals surface area (Å²) >= 11 is 0. The van der Waals surface area contributed by atoms with Crippen LogP contribution in [0.3, 0.4) is 0 Å². The lowest BCUT2D eigenvalue weighted by Crippen LogP contribution is -2.29. The molecule has 1 N–H and O–H groups in total. The molecule has 0 aromatic carbocycles. The highest BCUT2D eigenvalue weighted by atomic mass is 16.5. The molecule has 0 radical (unpaired) electrons. The lowest BCUT2D eigenvalue weighted by molar-refractivity contribution is 0.220. The minimum Gasteiger partial charge on any atom is -0.473 e. The predicted octanol–water partition coefficient (Wildman–Crippen LogP) is 1.99. The molecule has 1 aromatic rings. The summed E-state index contributed by atoms with van der Waals surface area (Å²) in [6.07, 6.45) is 9.22. The summed E-state index contributed by atoms with van der Waals surface area (Å²) in [5, 5.41) is 8.63. The van der Waals surface area contributed by atoms with Gasteiger partial charge in [0.2, 0.25) is 5.88 Å². The molecular weight excluding hydrogens is 240 g/mol. The Balaban J connectivity index is 1.85. The number of likely N-dealkylation sites (tertiary alicyclic amines) is 1. The molecule has 4 nitrogen and oxygen atoms in total. The van der Waals surface area contributed by atoms with Crippen molar-refractivity contribution >= 4 is 0 Å². The van der Waals surface area contributed by atoms with E-state index in [1.165, 1.54) is 37.9 Å². The molecule has 19 heavy (non-hydrogen) atoms. The fourth-order valence-corrected chi connectivity index (χ4v) is 2.28. The van der Waals surface area contributed by atoms with E-state index in [4.69, 9.17) is 9.84 Å². The maximum atomic E-state index is 8.63. The Morgan fingerprint density at radius 2 is 2.11 bits per heavy atom. The van der Waals surface area contributed by atoms with Crippen LogP contribution in [0, 0.1) is 0 Å². The largest absolute Gasteiger partial charge is 0.473 e. The van der Waals surface area contributed by atoms with Gasteiger partial charge in [-0.05, 0) is 43.6 Å². The molecule has 0 saturated carbocycles. The van der Waals surface area contributed by atoms with Crippen molar-refractivity contribution in [2.75, 3.05) is 26.3 Å². The Morgan fingerprint density at radius 3 is 2.89 bits per heavy atom. The van der Waals surface area contributed by atoms with Crippen molar-refractivity contribution in [3.8, 4) is 5.88 Å². The van der Waals surface area contributed by atoms with Crippen molar-refractivity contribution < 1.29 is 9.84 Å². The number of ether oxygens (including phenoxy) is 1. The summed E-state index contributed by atoms with van der Waals surface area (Å²) in [6.45, 7) is 3.85. The number of rotatable bonds is 6. The van der Waals surface area contributed by atoms with Crippen LogP contribution in [-0.2, 0) is 6.54 Å². The van der Waals surface area contributed by atoms with E-state index in [9.17, 15) is 0 Å². The first-order valence-corrected chi connectivity index (χ1v) is 6.94. The summed E-state index contributed by atoms with van der Waals surface area (Å²) in [5.74, 6) is 0.650. The van der Waals surface area contributed by atoms with E-state index in [0.717, 1.165) is 6.54 Å². The van der Waals surface area contributed by atoms with Crippen molar-refractivity contribution in [2.24, 2.45) is 0 Å². The molecule has 0 amide bonds.